The Morgan fingerprint density at radius 2 is 1.90 bits per heavy atom. The SMILES string of the molecule is Cc1ccc(Nc2cccc(Br)c2C#N)cc1C(F)(F)F. The lowest BCUT2D eigenvalue weighted by molar-refractivity contribution is -0.138. The van der Waals surface area contributed by atoms with Gasteiger partial charge >= 0.3 is 6.18 Å². The monoisotopic (exact) mass is 354 g/mol. The maximum absolute atomic E-state index is 12.9. The summed E-state index contributed by atoms with van der Waals surface area (Å²) in [5, 5.41) is 12.0. The van der Waals surface area contributed by atoms with Gasteiger partial charge in [-0.15, -0.1) is 0 Å². The zero-order valence-corrected chi connectivity index (χ0v) is 12.5. The van der Waals surface area contributed by atoms with E-state index >= 15 is 0 Å². The van der Waals surface area contributed by atoms with Crippen molar-refractivity contribution in [3.05, 3.63) is 57.6 Å². The Bertz CT molecular complexity index is 718. The van der Waals surface area contributed by atoms with E-state index in [2.05, 4.69) is 21.2 Å². The number of nitriles is 1. The topological polar surface area (TPSA) is 35.8 Å². The van der Waals surface area contributed by atoms with Gasteiger partial charge in [-0.3, -0.25) is 0 Å². The van der Waals surface area contributed by atoms with Crippen molar-refractivity contribution < 1.29 is 13.2 Å². The Morgan fingerprint density at radius 1 is 1.19 bits per heavy atom. The van der Waals surface area contributed by atoms with Gasteiger partial charge in [0.25, 0.3) is 0 Å². The Morgan fingerprint density at radius 3 is 2.52 bits per heavy atom. The summed E-state index contributed by atoms with van der Waals surface area (Å²) in [4.78, 5) is 0. The van der Waals surface area contributed by atoms with Crippen molar-refractivity contribution in [1.29, 1.82) is 5.26 Å². The number of nitrogens with zero attached hydrogens (tertiary/aromatic N) is 1. The molecule has 2 rings (SSSR count). The van der Waals surface area contributed by atoms with Crippen molar-refractivity contribution in [3.8, 4) is 6.07 Å². The number of hydrogen-bond acceptors (Lipinski definition) is 2. The minimum absolute atomic E-state index is 0.155. The molecular formula is C15H10BrF3N2. The lowest BCUT2D eigenvalue weighted by Crippen LogP contribution is -2.08. The summed E-state index contributed by atoms with van der Waals surface area (Å²) >= 11 is 3.24. The molecule has 0 spiro atoms. The highest BCUT2D eigenvalue weighted by molar-refractivity contribution is 9.10. The average Bonchev–Trinajstić information content (AvgIpc) is 2.40. The molecule has 6 heteroatoms. The second-order valence-corrected chi connectivity index (χ2v) is 5.28. The number of benzene rings is 2. The molecule has 0 aliphatic rings. The van der Waals surface area contributed by atoms with E-state index in [1.165, 1.54) is 13.0 Å². The van der Waals surface area contributed by atoms with Gasteiger partial charge in [0.2, 0.25) is 0 Å². The number of alkyl halides is 3. The summed E-state index contributed by atoms with van der Waals surface area (Å²) < 4.78 is 39.2. The predicted octanol–water partition coefficient (Wildman–Crippen LogP) is 5.39. The molecule has 2 nitrogen and oxygen atoms in total. The summed E-state index contributed by atoms with van der Waals surface area (Å²) in [6.45, 7) is 1.41. The summed E-state index contributed by atoms with van der Waals surface area (Å²) in [5.74, 6) is 0. The van der Waals surface area contributed by atoms with Crippen LogP contribution >= 0.6 is 15.9 Å². The normalized spacial score (nSPS) is 11.0. The molecule has 0 atom stereocenters. The standard InChI is InChI=1S/C15H10BrF3N2/c1-9-5-6-10(7-12(9)15(17,18)19)21-14-4-2-3-13(16)11(14)8-20/h2-7,21H,1H3. The number of aryl methyl sites for hydroxylation is 1. The zero-order chi connectivity index (χ0) is 15.6. The number of hydrogen-bond donors (Lipinski definition) is 1. The van der Waals surface area contributed by atoms with Gasteiger partial charge in [-0.2, -0.15) is 18.4 Å². The number of rotatable bonds is 2. The molecule has 2 aromatic carbocycles. The minimum Gasteiger partial charge on any atom is -0.354 e. The van der Waals surface area contributed by atoms with Gasteiger partial charge in [0.05, 0.1) is 16.8 Å². The first-order valence-corrected chi connectivity index (χ1v) is 6.75. The minimum atomic E-state index is -4.41. The summed E-state index contributed by atoms with van der Waals surface area (Å²) in [6.07, 6.45) is -4.41. The lowest BCUT2D eigenvalue weighted by atomic mass is 10.1. The molecule has 0 unspecified atom stereocenters. The van der Waals surface area contributed by atoms with E-state index < -0.39 is 11.7 Å². The summed E-state index contributed by atoms with van der Waals surface area (Å²) in [6, 6.07) is 11.0. The Labute approximate surface area is 128 Å². The van der Waals surface area contributed by atoms with E-state index in [0.29, 0.717) is 15.7 Å². The molecule has 0 aromatic heterocycles. The quantitative estimate of drug-likeness (QED) is 0.784. The average molecular weight is 355 g/mol. The highest BCUT2D eigenvalue weighted by atomic mass is 79.9. The van der Waals surface area contributed by atoms with Crippen LogP contribution in [0.5, 0.6) is 0 Å². The first-order valence-electron chi connectivity index (χ1n) is 5.96. The van der Waals surface area contributed by atoms with Crippen LogP contribution in [0.4, 0.5) is 24.5 Å². The Hall–Kier alpha value is -2.00. The predicted molar refractivity (Wildman–Crippen MR) is 78.3 cm³/mol. The highest BCUT2D eigenvalue weighted by Crippen LogP contribution is 2.34. The van der Waals surface area contributed by atoms with Crippen LogP contribution in [-0.2, 0) is 6.18 Å². The molecule has 0 fully saturated rings. The molecule has 1 N–H and O–H groups in total. The molecule has 108 valence electrons. The van der Waals surface area contributed by atoms with Crippen LogP contribution in [0.3, 0.4) is 0 Å². The van der Waals surface area contributed by atoms with E-state index in [9.17, 15) is 13.2 Å². The fourth-order valence-corrected chi connectivity index (χ4v) is 2.36. The molecular weight excluding hydrogens is 345 g/mol. The van der Waals surface area contributed by atoms with Crippen LogP contribution < -0.4 is 5.32 Å². The Balaban J connectivity index is 2.42. The third-order valence-electron chi connectivity index (χ3n) is 2.95. The molecule has 0 heterocycles. The fourth-order valence-electron chi connectivity index (χ4n) is 1.90. The molecule has 2 aromatic rings. The van der Waals surface area contributed by atoms with Gasteiger partial charge in [0.1, 0.15) is 6.07 Å². The molecule has 0 aliphatic heterocycles. The number of halogens is 4. The van der Waals surface area contributed by atoms with E-state index in [-0.39, 0.29) is 11.3 Å². The molecule has 0 saturated carbocycles. The van der Waals surface area contributed by atoms with E-state index in [1.54, 1.807) is 24.3 Å². The van der Waals surface area contributed by atoms with Crippen LogP contribution in [0.15, 0.2) is 40.9 Å². The molecule has 0 amide bonds. The van der Waals surface area contributed by atoms with Gasteiger partial charge in [0.15, 0.2) is 0 Å². The summed E-state index contributed by atoms with van der Waals surface area (Å²) in [5.41, 5.74) is 0.529. The molecule has 0 radical (unpaired) electrons. The highest BCUT2D eigenvalue weighted by Gasteiger charge is 2.32. The third-order valence-corrected chi connectivity index (χ3v) is 3.61. The van der Waals surface area contributed by atoms with Crippen molar-refractivity contribution in [2.45, 2.75) is 13.1 Å². The van der Waals surface area contributed by atoms with Crippen molar-refractivity contribution >= 4 is 27.3 Å². The first kappa shape index (κ1) is 15.4. The smallest absolute Gasteiger partial charge is 0.354 e. The van der Waals surface area contributed by atoms with Crippen LogP contribution in [-0.4, -0.2) is 0 Å². The van der Waals surface area contributed by atoms with Crippen molar-refractivity contribution in [1.82, 2.24) is 0 Å². The maximum Gasteiger partial charge on any atom is 0.416 e. The van der Waals surface area contributed by atoms with E-state index in [0.717, 1.165) is 6.07 Å². The molecule has 0 bridgehead atoms. The van der Waals surface area contributed by atoms with Crippen LogP contribution in [0.1, 0.15) is 16.7 Å². The zero-order valence-electron chi connectivity index (χ0n) is 10.9. The van der Waals surface area contributed by atoms with Crippen LogP contribution in [0, 0.1) is 18.3 Å². The fraction of sp³-hybridized carbons (Fsp3) is 0.133. The largest absolute Gasteiger partial charge is 0.416 e. The second-order valence-electron chi connectivity index (χ2n) is 4.43. The second kappa shape index (κ2) is 5.78. The molecule has 21 heavy (non-hydrogen) atoms. The van der Waals surface area contributed by atoms with Crippen LogP contribution in [0.2, 0.25) is 0 Å². The van der Waals surface area contributed by atoms with Gasteiger partial charge < -0.3 is 5.32 Å². The lowest BCUT2D eigenvalue weighted by Gasteiger charge is -2.14. The maximum atomic E-state index is 12.9. The Kier molecular flexibility index (Phi) is 4.24. The van der Waals surface area contributed by atoms with E-state index in [4.69, 9.17) is 5.26 Å². The first-order chi connectivity index (χ1) is 9.82. The molecule has 0 aliphatic carbocycles. The van der Waals surface area contributed by atoms with Gasteiger partial charge in [0, 0.05) is 10.2 Å². The van der Waals surface area contributed by atoms with E-state index in [1.807, 2.05) is 6.07 Å². The summed E-state index contributed by atoms with van der Waals surface area (Å²) in [7, 11) is 0. The van der Waals surface area contributed by atoms with Crippen molar-refractivity contribution in [3.63, 3.8) is 0 Å². The third kappa shape index (κ3) is 3.37. The van der Waals surface area contributed by atoms with Gasteiger partial charge in [-0.25, -0.2) is 0 Å². The van der Waals surface area contributed by atoms with Crippen LogP contribution in [0.25, 0.3) is 0 Å². The van der Waals surface area contributed by atoms with Gasteiger partial charge in [-0.1, -0.05) is 12.1 Å². The van der Waals surface area contributed by atoms with Gasteiger partial charge in [-0.05, 0) is 52.7 Å². The number of anilines is 2. The number of nitrogens with one attached hydrogen (secondary N) is 1. The molecule has 0 saturated heterocycles. The van der Waals surface area contributed by atoms with Crippen molar-refractivity contribution in [2.24, 2.45) is 0 Å². The van der Waals surface area contributed by atoms with Crippen molar-refractivity contribution in [2.75, 3.05) is 5.32 Å².